The van der Waals surface area contributed by atoms with Crippen molar-refractivity contribution >= 4 is 31.9 Å². The highest BCUT2D eigenvalue weighted by Gasteiger charge is 2.10. The lowest BCUT2D eigenvalue weighted by atomic mass is 10.1. The summed E-state index contributed by atoms with van der Waals surface area (Å²) in [6.07, 6.45) is -0.613. The second-order valence-corrected chi connectivity index (χ2v) is 6.17. The standard InChI is InChI=1S/C15H13Br2FO2/c1-9(19)12-4-3-11(16)7-15(12)20-8-10-2-5-14(18)13(17)6-10/h2-7,9,19H,8H2,1H3/t9-/m0/s1. The van der Waals surface area contributed by atoms with Gasteiger partial charge >= 0.3 is 0 Å². The van der Waals surface area contributed by atoms with E-state index in [0.29, 0.717) is 16.8 Å². The lowest BCUT2D eigenvalue weighted by Crippen LogP contribution is -2.01. The van der Waals surface area contributed by atoms with E-state index in [1.54, 1.807) is 25.1 Å². The van der Waals surface area contributed by atoms with E-state index in [4.69, 9.17) is 4.74 Å². The maximum absolute atomic E-state index is 13.2. The molecule has 2 rings (SSSR count). The quantitative estimate of drug-likeness (QED) is 0.779. The Balaban J connectivity index is 2.17. The van der Waals surface area contributed by atoms with E-state index in [1.165, 1.54) is 6.07 Å². The van der Waals surface area contributed by atoms with Gasteiger partial charge in [-0.2, -0.15) is 0 Å². The first-order valence-electron chi connectivity index (χ1n) is 6.01. The highest BCUT2D eigenvalue weighted by Crippen LogP contribution is 2.29. The Hall–Kier alpha value is -0.910. The molecule has 0 aliphatic carbocycles. The molecule has 0 radical (unpaired) electrons. The largest absolute Gasteiger partial charge is 0.488 e. The molecule has 20 heavy (non-hydrogen) atoms. The Morgan fingerprint density at radius 3 is 2.60 bits per heavy atom. The van der Waals surface area contributed by atoms with Crippen molar-refractivity contribution in [3.05, 3.63) is 62.3 Å². The molecular weight excluding hydrogens is 391 g/mol. The van der Waals surface area contributed by atoms with Crippen LogP contribution in [0.5, 0.6) is 5.75 Å². The van der Waals surface area contributed by atoms with Gasteiger partial charge in [0.15, 0.2) is 0 Å². The van der Waals surface area contributed by atoms with Gasteiger partial charge in [-0.3, -0.25) is 0 Å². The number of hydrogen-bond donors (Lipinski definition) is 1. The van der Waals surface area contributed by atoms with E-state index < -0.39 is 6.10 Å². The molecule has 0 aliphatic heterocycles. The van der Waals surface area contributed by atoms with Crippen LogP contribution in [0.4, 0.5) is 4.39 Å². The topological polar surface area (TPSA) is 29.5 Å². The number of rotatable bonds is 4. The Morgan fingerprint density at radius 2 is 1.95 bits per heavy atom. The van der Waals surface area contributed by atoms with Crippen LogP contribution >= 0.6 is 31.9 Å². The van der Waals surface area contributed by atoms with Gasteiger partial charge in [-0.05, 0) is 52.7 Å². The Morgan fingerprint density at radius 1 is 1.20 bits per heavy atom. The van der Waals surface area contributed by atoms with Crippen molar-refractivity contribution in [3.63, 3.8) is 0 Å². The molecule has 106 valence electrons. The molecular formula is C15H13Br2FO2. The predicted molar refractivity (Wildman–Crippen MR) is 83.2 cm³/mol. The van der Waals surface area contributed by atoms with Crippen molar-refractivity contribution in [2.45, 2.75) is 19.6 Å². The van der Waals surface area contributed by atoms with Crippen molar-refractivity contribution in [3.8, 4) is 5.75 Å². The highest BCUT2D eigenvalue weighted by atomic mass is 79.9. The molecule has 0 aliphatic rings. The molecule has 1 atom stereocenters. The zero-order valence-corrected chi connectivity index (χ0v) is 13.9. The van der Waals surface area contributed by atoms with Gasteiger partial charge in [0.1, 0.15) is 18.2 Å². The van der Waals surface area contributed by atoms with Crippen LogP contribution in [0.15, 0.2) is 45.3 Å². The summed E-state index contributed by atoms with van der Waals surface area (Å²) < 4.78 is 20.2. The van der Waals surface area contributed by atoms with E-state index >= 15 is 0 Å². The van der Waals surface area contributed by atoms with Crippen LogP contribution in [-0.4, -0.2) is 5.11 Å². The molecule has 0 spiro atoms. The normalized spacial score (nSPS) is 12.2. The molecule has 0 unspecified atom stereocenters. The Bertz CT molecular complexity index is 615. The highest BCUT2D eigenvalue weighted by molar-refractivity contribution is 9.10. The number of benzene rings is 2. The van der Waals surface area contributed by atoms with Crippen LogP contribution in [0.3, 0.4) is 0 Å². The molecule has 0 amide bonds. The second-order valence-electron chi connectivity index (χ2n) is 4.40. The van der Waals surface area contributed by atoms with Crippen LogP contribution in [0.1, 0.15) is 24.2 Å². The zero-order valence-electron chi connectivity index (χ0n) is 10.7. The second kappa shape index (κ2) is 6.70. The maximum atomic E-state index is 13.2. The smallest absolute Gasteiger partial charge is 0.137 e. The van der Waals surface area contributed by atoms with Crippen LogP contribution in [0.25, 0.3) is 0 Å². The summed E-state index contributed by atoms with van der Waals surface area (Å²) in [4.78, 5) is 0. The van der Waals surface area contributed by atoms with Crippen molar-refractivity contribution in [1.29, 1.82) is 0 Å². The summed E-state index contributed by atoms with van der Waals surface area (Å²) in [6, 6.07) is 10.2. The molecule has 1 N–H and O–H groups in total. The van der Waals surface area contributed by atoms with Gasteiger partial charge in [0, 0.05) is 10.0 Å². The fraction of sp³-hybridized carbons (Fsp3) is 0.200. The monoisotopic (exact) mass is 402 g/mol. The van der Waals surface area contributed by atoms with Crippen LogP contribution < -0.4 is 4.74 Å². The first-order valence-corrected chi connectivity index (χ1v) is 7.60. The number of aliphatic hydroxyl groups is 1. The Kier molecular flexibility index (Phi) is 5.18. The summed E-state index contributed by atoms with van der Waals surface area (Å²) in [6.45, 7) is 1.99. The van der Waals surface area contributed by atoms with Crippen molar-refractivity contribution < 1.29 is 14.2 Å². The van der Waals surface area contributed by atoms with Gasteiger partial charge in [-0.15, -0.1) is 0 Å². The number of ether oxygens (including phenoxy) is 1. The molecule has 5 heteroatoms. The van der Waals surface area contributed by atoms with Gasteiger partial charge in [-0.1, -0.05) is 28.1 Å². The van der Waals surface area contributed by atoms with E-state index in [1.807, 2.05) is 12.1 Å². The minimum atomic E-state index is -0.613. The van der Waals surface area contributed by atoms with Gasteiger partial charge < -0.3 is 9.84 Å². The van der Waals surface area contributed by atoms with Crippen molar-refractivity contribution in [1.82, 2.24) is 0 Å². The van der Waals surface area contributed by atoms with E-state index in [0.717, 1.165) is 15.6 Å². The number of aliphatic hydroxyl groups excluding tert-OH is 1. The molecule has 0 saturated heterocycles. The average molecular weight is 404 g/mol. The minimum absolute atomic E-state index is 0.301. The third-order valence-corrected chi connectivity index (χ3v) is 3.91. The minimum Gasteiger partial charge on any atom is -0.488 e. The van der Waals surface area contributed by atoms with Gasteiger partial charge in [0.2, 0.25) is 0 Å². The summed E-state index contributed by atoms with van der Waals surface area (Å²) in [5.41, 5.74) is 1.56. The first-order chi connectivity index (χ1) is 9.47. The van der Waals surface area contributed by atoms with Crippen LogP contribution in [0.2, 0.25) is 0 Å². The van der Waals surface area contributed by atoms with Crippen molar-refractivity contribution in [2.24, 2.45) is 0 Å². The molecule has 2 aromatic rings. The van der Waals surface area contributed by atoms with Crippen LogP contribution in [-0.2, 0) is 6.61 Å². The van der Waals surface area contributed by atoms with Gasteiger partial charge in [0.05, 0.1) is 10.6 Å². The summed E-state index contributed by atoms with van der Waals surface area (Å²) >= 11 is 6.52. The molecule has 0 heterocycles. The fourth-order valence-electron chi connectivity index (χ4n) is 1.77. The summed E-state index contributed by atoms with van der Waals surface area (Å²) in [5.74, 6) is 0.302. The summed E-state index contributed by atoms with van der Waals surface area (Å²) in [5, 5.41) is 9.72. The van der Waals surface area contributed by atoms with Gasteiger partial charge in [-0.25, -0.2) is 4.39 Å². The summed E-state index contributed by atoms with van der Waals surface area (Å²) in [7, 11) is 0. The molecule has 0 fully saturated rings. The van der Waals surface area contributed by atoms with Crippen molar-refractivity contribution in [2.75, 3.05) is 0 Å². The molecule has 0 aromatic heterocycles. The van der Waals surface area contributed by atoms with E-state index in [-0.39, 0.29) is 5.82 Å². The average Bonchev–Trinajstić information content (AvgIpc) is 2.40. The lowest BCUT2D eigenvalue weighted by Gasteiger charge is -2.14. The van der Waals surface area contributed by atoms with E-state index in [9.17, 15) is 9.50 Å². The molecule has 2 aromatic carbocycles. The zero-order chi connectivity index (χ0) is 14.7. The molecule has 0 bridgehead atoms. The lowest BCUT2D eigenvalue weighted by molar-refractivity contribution is 0.190. The molecule has 2 nitrogen and oxygen atoms in total. The molecule has 0 saturated carbocycles. The maximum Gasteiger partial charge on any atom is 0.137 e. The predicted octanol–water partition coefficient (Wildman–Crippen LogP) is 4.98. The van der Waals surface area contributed by atoms with Crippen LogP contribution in [0, 0.1) is 5.82 Å². The third-order valence-electron chi connectivity index (χ3n) is 2.80. The number of hydrogen-bond acceptors (Lipinski definition) is 2. The fourth-order valence-corrected chi connectivity index (χ4v) is 2.54. The third kappa shape index (κ3) is 3.81. The van der Waals surface area contributed by atoms with Gasteiger partial charge in [0.25, 0.3) is 0 Å². The SMILES string of the molecule is C[C@H](O)c1ccc(Br)cc1OCc1ccc(F)c(Br)c1. The number of halogens is 3. The Labute approximate surface area is 133 Å². The van der Waals surface area contributed by atoms with E-state index in [2.05, 4.69) is 31.9 Å². The first kappa shape index (κ1) is 15.5.